The Morgan fingerprint density at radius 3 is 2.94 bits per heavy atom. The van der Waals surface area contributed by atoms with E-state index in [0.29, 0.717) is 5.82 Å². The van der Waals surface area contributed by atoms with Crippen molar-refractivity contribution in [2.75, 3.05) is 11.9 Å². The van der Waals surface area contributed by atoms with Crippen molar-refractivity contribution >= 4 is 11.5 Å². The summed E-state index contributed by atoms with van der Waals surface area (Å²) in [5.74, 6) is 3.27. The SMILES string of the molecule is C#CCCCCNc1ncc([N+](=O)[O-])cc1C. The number of pyridine rings is 1. The third-order valence-corrected chi connectivity index (χ3v) is 2.31. The summed E-state index contributed by atoms with van der Waals surface area (Å²) in [4.78, 5) is 14.1. The van der Waals surface area contributed by atoms with Gasteiger partial charge in [-0.05, 0) is 25.3 Å². The van der Waals surface area contributed by atoms with E-state index in [4.69, 9.17) is 6.42 Å². The molecular formula is C12H15N3O2. The second kappa shape index (κ2) is 6.48. The average Bonchev–Trinajstić information content (AvgIpc) is 2.30. The number of hydrogen-bond acceptors (Lipinski definition) is 4. The van der Waals surface area contributed by atoms with E-state index in [1.807, 2.05) is 0 Å². The van der Waals surface area contributed by atoms with Gasteiger partial charge in [0.1, 0.15) is 12.0 Å². The minimum atomic E-state index is -0.448. The lowest BCUT2D eigenvalue weighted by atomic mass is 10.2. The number of hydrogen-bond donors (Lipinski definition) is 1. The zero-order valence-corrected chi connectivity index (χ0v) is 9.77. The summed E-state index contributed by atoms with van der Waals surface area (Å²) in [6.45, 7) is 2.57. The first-order chi connectivity index (χ1) is 8.15. The Bertz CT molecular complexity index is 438. The Morgan fingerprint density at radius 1 is 1.59 bits per heavy atom. The molecule has 0 spiro atoms. The van der Waals surface area contributed by atoms with Crippen LogP contribution in [-0.2, 0) is 0 Å². The van der Waals surface area contributed by atoms with Crippen molar-refractivity contribution in [2.24, 2.45) is 0 Å². The Morgan fingerprint density at radius 2 is 2.35 bits per heavy atom. The van der Waals surface area contributed by atoms with Crippen LogP contribution in [0.5, 0.6) is 0 Å². The molecule has 0 unspecified atom stereocenters. The van der Waals surface area contributed by atoms with Crippen LogP contribution >= 0.6 is 0 Å². The highest BCUT2D eigenvalue weighted by molar-refractivity contribution is 5.48. The molecule has 0 fully saturated rings. The van der Waals surface area contributed by atoms with Gasteiger partial charge in [0.2, 0.25) is 0 Å². The second-order valence-electron chi connectivity index (χ2n) is 3.70. The number of rotatable bonds is 6. The largest absolute Gasteiger partial charge is 0.370 e. The second-order valence-corrected chi connectivity index (χ2v) is 3.70. The number of aromatic nitrogens is 1. The number of nitrogens with one attached hydrogen (secondary N) is 1. The van der Waals surface area contributed by atoms with Crippen molar-refractivity contribution in [1.82, 2.24) is 4.98 Å². The van der Waals surface area contributed by atoms with Crippen LogP contribution in [0.15, 0.2) is 12.3 Å². The van der Waals surface area contributed by atoms with Crippen LogP contribution < -0.4 is 5.32 Å². The molecule has 0 radical (unpaired) electrons. The average molecular weight is 233 g/mol. The fourth-order valence-electron chi connectivity index (χ4n) is 1.40. The van der Waals surface area contributed by atoms with Crippen LogP contribution in [-0.4, -0.2) is 16.5 Å². The maximum Gasteiger partial charge on any atom is 0.287 e. The highest BCUT2D eigenvalue weighted by Gasteiger charge is 2.08. The molecule has 0 saturated heterocycles. The van der Waals surface area contributed by atoms with Crippen molar-refractivity contribution in [1.29, 1.82) is 0 Å². The lowest BCUT2D eigenvalue weighted by molar-refractivity contribution is -0.385. The Kier molecular flexibility index (Phi) is 4.95. The van der Waals surface area contributed by atoms with E-state index in [1.54, 1.807) is 6.92 Å². The molecule has 0 aliphatic carbocycles. The summed E-state index contributed by atoms with van der Waals surface area (Å²) in [5.41, 5.74) is 0.788. The molecule has 0 amide bonds. The smallest absolute Gasteiger partial charge is 0.287 e. The fraction of sp³-hybridized carbons (Fsp3) is 0.417. The lowest BCUT2D eigenvalue weighted by Crippen LogP contribution is -2.05. The third kappa shape index (κ3) is 4.11. The van der Waals surface area contributed by atoms with Crippen LogP contribution in [0.3, 0.4) is 0 Å². The number of terminal acetylenes is 1. The normalized spacial score (nSPS) is 9.65. The Hall–Kier alpha value is -2.09. The minimum Gasteiger partial charge on any atom is -0.370 e. The summed E-state index contributed by atoms with van der Waals surface area (Å²) in [6.07, 6.45) is 9.11. The fourth-order valence-corrected chi connectivity index (χ4v) is 1.40. The zero-order chi connectivity index (χ0) is 12.7. The molecule has 90 valence electrons. The first kappa shape index (κ1) is 13.0. The maximum absolute atomic E-state index is 10.5. The molecule has 0 aliphatic rings. The number of anilines is 1. The van der Waals surface area contributed by atoms with E-state index in [0.717, 1.165) is 31.4 Å². The van der Waals surface area contributed by atoms with Crippen LogP contribution in [0.4, 0.5) is 11.5 Å². The third-order valence-electron chi connectivity index (χ3n) is 2.31. The summed E-state index contributed by atoms with van der Waals surface area (Å²) >= 11 is 0. The molecule has 0 aromatic carbocycles. The van der Waals surface area contributed by atoms with Crippen molar-refractivity contribution in [3.8, 4) is 12.3 Å². The summed E-state index contributed by atoms with van der Waals surface area (Å²) in [7, 11) is 0. The molecular weight excluding hydrogens is 218 g/mol. The number of nitro groups is 1. The quantitative estimate of drug-likeness (QED) is 0.355. The number of unbranched alkanes of at least 4 members (excludes halogenated alkanes) is 2. The maximum atomic E-state index is 10.5. The molecule has 1 rings (SSSR count). The molecule has 0 aliphatic heterocycles. The van der Waals surface area contributed by atoms with Gasteiger partial charge in [0, 0.05) is 19.0 Å². The molecule has 1 N–H and O–H groups in total. The molecule has 17 heavy (non-hydrogen) atoms. The van der Waals surface area contributed by atoms with Crippen molar-refractivity contribution in [2.45, 2.75) is 26.2 Å². The molecule has 5 nitrogen and oxygen atoms in total. The first-order valence-corrected chi connectivity index (χ1v) is 5.43. The van der Waals surface area contributed by atoms with Gasteiger partial charge < -0.3 is 5.32 Å². The Balaban J connectivity index is 2.50. The van der Waals surface area contributed by atoms with E-state index in [2.05, 4.69) is 16.2 Å². The highest BCUT2D eigenvalue weighted by atomic mass is 16.6. The van der Waals surface area contributed by atoms with Gasteiger partial charge in [-0.1, -0.05) is 0 Å². The Labute approximate surface area is 100 Å². The number of aryl methyl sites for hydroxylation is 1. The van der Waals surface area contributed by atoms with Crippen LogP contribution in [0.2, 0.25) is 0 Å². The topological polar surface area (TPSA) is 68.1 Å². The zero-order valence-electron chi connectivity index (χ0n) is 9.77. The van der Waals surface area contributed by atoms with E-state index in [1.165, 1.54) is 12.3 Å². The molecule has 1 aromatic heterocycles. The van der Waals surface area contributed by atoms with Crippen molar-refractivity contribution < 1.29 is 4.92 Å². The predicted octanol–water partition coefficient (Wildman–Crippen LogP) is 2.51. The van der Waals surface area contributed by atoms with Gasteiger partial charge in [-0.2, -0.15) is 0 Å². The van der Waals surface area contributed by atoms with Crippen LogP contribution in [0.1, 0.15) is 24.8 Å². The van der Waals surface area contributed by atoms with E-state index in [-0.39, 0.29) is 5.69 Å². The molecule has 1 aromatic rings. The summed E-state index contributed by atoms with van der Waals surface area (Å²) in [6, 6.07) is 1.51. The van der Waals surface area contributed by atoms with E-state index >= 15 is 0 Å². The monoisotopic (exact) mass is 233 g/mol. The van der Waals surface area contributed by atoms with Gasteiger partial charge in [0.05, 0.1) is 4.92 Å². The molecule has 0 saturated carbocycles. The van der Waals surface area contributed by atoms with E-state index in [9.17, 15) is 10.1 Å². The predicted molar refractivity (Wildman–Crippen MR) is 66.8 cm³/mol. The van der Waals surface area contributed by atoms with Crippen molar-refractivity contribution in [3.63, 3.8) is 0 Å². The summed E-state index contributed by atoms with van der Waals surface area (Å²) in [5, 5.41) is 13.7. The van der Waals surface area contributed by atoms with E-state index < -0.39 is 4.92 Å². The van der Waals surface area contributed by atoms with Gasteiger partial charge in [-0.15, -0.1) is 12.3 Å². The van der Waals surface area contributed by atoms with Crippen LogP contribution in [0.25, 0.3) is 0 Å². The highest BCUT2D eigenvalue weighted by Crippen LogP contribution is 2.17. The molecule has 0 bridgehead atoms. The standard InChI is InChI=1S/C12H15N3O2/c1-3-4-5-6-7-13-12-10(2)8-11(9-14-12)15(16)17/h1,8-9H,4-7H2,2H3,(H,13,14). The minimum absolute atomic E-state index is 0.0142. The van der Waals surface area contributed by atoms with Gasteiger partial charge in [0.15, 0.2) is 0 Å². The van der Waals surface area contributed by atoms with Gasteiger partial charge >= 0.3 is 0 Å². The number of nitrogens with zero attached hydrogens (tertiary/aromatic N) is 2. The van der Waals surface area contributed by atoms with Crippen molar-refractivity contribution in [3.05, 3.63) is 27.9 Å². The molecule has 0 atom stereocenters. The summed E-state index contributed by atoms with van der Waals surface area (Å²) < 4.78 is 0. The lowest BCUT2D eigenvalue weighted by Gasteiger charge is -2.07. The van der Waals surface area contributed by atoms with Gasteiger partial charge in [0.25, 0.3) is 5.69 Å². The van der Waals surface area contributed by atoms with Gasteiger partial charge in [-0.3, -0.25) is 10.1 Å². The van der Waals surface area contributed by atoms with Gasteiger partial charge in [-0.25, -0.2) is 4.98 Å². The first-order valence-electron chi connectivity index (χ1n) is 5.43. The van der Waals surface area contributed by atoms with Crippen LogP contribution in [0, 0.1) is 29.4 Å². The molecule has 1 heterocycles. The molecule has 5 heteroatoms.